The van der Waals surface area contributed by atoms with E-state index in [1.165, 1.54) is 12.1 Å². The first kappa shape index (κ1) is 18.7. The van der Waals surface area contributed by atoms with Crippen LogP contribution in [0.15, 0.2) is 83.3 Å². The molecule has 0 saturated heterocycles. The monoisotopic (exact) mass is 336 g/mol. The number of hydrogen-bond donors (Lipinski definition) is 0. The summed E-state index contributed by atoms with van der Waals surface area (Å²) in [5.41, 5.74) is 4.94. The van der Waals surface area contributed by atoms with Gasteiger partial charge in [-0.3, -0.25) is 4.99 Å². The molecule has 2 rings (SSSR count). The molecule has 0 spiro atoms. The van der Waals surface area contributed by atoms with E-state index in [0.29, 0.717) is 5.92 Å². The largest absolute Gasteiger partial charge is 0.317 e. The topological polar surface area (TPSA) is 15.6 Å². The molecular weight excluding hydrogens is 311 g/mol. The molecule has 130 valence electrons. The van der Waals surface area contributed by atoms with E-state index >= 15 is 0 Å². The second kappa shape index (κ2) is 8.43. The van der Waals surface area contributed by atoms with Crippen molar-refractivity contribution in [2.24, 2.45) is 10.9 Å². The SMILES string of the molecule is C=C1C=CC(/C(C)=C/N=CC)=CN1/C(=C\C(C)C)c1ccc(F)cc1. The van der Waals surface area contributed by atoms with E-state index in [1.54, 1.807) is 18.3 Å². The summed E-state index contributed by atoms with van der Waals surface area (Å²) in [7, 11) is 0. The van der Waals surface area contributed by atoms with Gasteiger partial charge in [-0.2, -0.15) is 0 Å². The molecule has 1 aliphatic heterocycles. The van der Waals surface area contributed by atoms with Crippen LogP contribution in [0.5, 0.6) is 0 Å². The molecule has 1 aromatic carbocycles. The van der Waals surface area contributed by atoms with Gasteiger partial charge in [-0.05, 0) is 66.8 Å². The third-order valence-corrected chi connectivity index (χ3v) is 3.80. The van der Waals surface area contributed by atoms with E-state index in [9.17, 15) is 4.39 Å². The molecule has 0 unspecified atom stereocenters. The van der Waals surface area contributed by atoms with Crippen LogP contribution in [0.25, 0.3) is 5.70 Å². The highest BCUT2D eigenvalue weighted by Crippen LogP contribution is 2.31. The van der Waals surface area contributed by atoms with Crippen LogP contribution in [0.4, 0.5) is 4.39 Å². The minimum Gasteiger partial charge on any atom is -0.317 e. The van der Waals surface area contributed by atoms with Gasteiger partial charge in [0.1, 0.15) is 5.82 Å². The number of hydrogen-bond acceptors (Lipinski definition) is 2. The van der Waals surface area contributed by atoms with Crippen LogP contribution in [0.2, 0.25) is 0 Å². The molecule has 1 aromatic rings. The lowest BCUT2D eigenvalue weighted by atomic mass is 10.0. The van der Waals surface area contributed by atoms with E-state index in [2.05, 4.69) is 42.6 Å². The Labute approximate surface area is 150 Å². The second-order valence-electron chi connectivity index (χ2n) is 6.30. The lowest BCUT2D eigenvalue weighted by Gasteiger charge is -2.29. The average molecular weight is 336 g/mol. The normalized spacial score (nSPS) is 16.2. The zero-order valence-electron chi connectivity index (χ0n) is 15.3. The van der Waals surface area contributed by atoms with Crippen molar-refractivity contribution in [1.82, 2.24) is 4.90 Å². The number of benzene rings is 1. The molecule has 0 atom stereocenters. The van der Waals surface area contributed by atoms with Crippen LogP contribution in [0.3, 0.4) is 0 Å². The molecule has 3 heteroatoms. The fraction of sp³-hybridized carbons (Fsp3) is 0.227. The Morgan fingerprint density at radius 1 is 1.20 bits per heavy atom. The van der Waals surface area contributed by atoms with Crippen LogP contribution in [0.1, 0.15) is 33.3 Å². The number of aliphatic imine (C=N–C) groups is 1. The summed E-state index contributed by atoms with van der Waals surface area (Å²) in [5.74, 6) is 0.106. The highest BCUT2D eigenvalue weighted by molar-refractivity contribution is 5.69. The fourth-order valence-corrected chi connectivity index (χ4v) is 2.50. The maximum absolute atomic E-state index is 13.3. The van der Waals surface area contributed by atoms with Gasteiger partial charge in [0, 0.05) is 30.0 Å². The first-order chi connectivity index (χ1) is 11.9. The van der Waals surface area contributed by atoms with E-state index in [1.807, 2.05) is 32.2 Å². The summed E-state index contributed by atoms with van der Waals surface area (Å²) in [6, 6.07) is 6.56. The standard InChI is InChI=1S/C22H25FN2/c1-6-24-14-17(4)20-8-7-18(5)25(15-20)22(13-16(2)3)19-9-11-21(23)12-10-19/h6-16H,5H2,1-4H3/b17-14+,22-13-,24-6?. The molecule has 2 nitrogen and oxygen atoms in total. The summed E-state index contributed by atoms with van der Waals surface area (Å²) < 4.78 is 13.3. The van der Waals surface area contributed by atoms with Crippen LogP contribution < -0.4 is 0 Å². The van der Waals surface area contributed by atoms with Crippen molar-refractivity contribution in [2.75, 3.05) is 0 Å². The van der Waals surface area contributed by atoms with Crippen molar-refractivity contribution < 1.29 is 4.39 Å². The molecule has 0 radical (unpaired) electrons. The number of nitrogens with zero attached hydrogens (tertiary/aromatic N) is 2. The highest BCUT2D eigenvalue weighted by atomic mass is 19.1. The number of allylic oxidation sites excluding steroid dienone is 5. The highest BCUT2D eigenvalue weighted by Gasteiger charge is 2.16. The van der Waals surface area contributed by atoms with Crippen LogP contribution in [-0.4, -0.2) is 11.1 Å². The van der Waals surface area contributed by atoms with Crippen molar-refractivity contribution in [2.45, 2.75) is 27.7 Å². The quantitative estimate of drug-likeness (QED) is 0.594. The van der Waals surface area contributed by atoms with E-state index in [-0.39, 0.29) is 5.82 Å². The molecule has 0 aliphatic carbocycles. The Balaban J connectivity index is 2.48. The summed E-state index contributed by atoms with van der Waals surface area (Å²) in [6.07, 6.45) is 11.8. The molecule has 25 heavy (non-hydrogen) atoms. The Hall–Kier alpha value is -2.68. The predicted molar refractivity (Wildman–Crippen MR) is 105 cm³/mol. The minimum absolute atomic E-state index is 0.238. The third kappa shape index (κ3) is 4.90. The van der Waals surface area contributed by atoms with Gasteiger partial charge in [-0.25, -0.2) is 4.39 Å². The lowest BCUT2D eigenvalue weighted by Crippen LogP contribution is -2.17. The lowest BCUT2D eigenvalue weighted by molar-refractivity contribution is 0.626. The van der Waals surface area contributed by atoms with Crippen molar-refractivity contribution in [1.29, 1.82) is 0 Å². The molecule has 0 saturated carbocycles. The van der Waals surface area contributed by atoms with Crippen LogP contribution in [-0.2, 0) is 0 Å². The zero-order valence-corrected chi connectivity index (χ0v) is 15.3. The Morgan fingerprint density at radius 2 is 1.88 bits per heavy atom. The summed E-state index contributed by atoms with van der Waals surface area (Å²) in [4.78, 5) is 6.24. The van der Waals surface area contributed by atoms with Gasteiger partial charge >= 0.3 is 0 Å². The molecule has 1 aliphatic rings. The van der Waals surface area contributed by atoms with E-state index in [4.69, 9.17) is 0 Å². The van der Waals surface area contributed by atoms with Crippen molar-refractivity contribution in [3.63, 3.8) is 0 Å². The predicted octanol–water partition coefficient (Wildman–Crippen LogP) is 6.09. The zero-order chi connectivity index (χ0) is 18.4. The van der Waals surface area contributed by atoms with Gasteiger partial charge in [0.05, 0.1) is 0 Å². The molecule has 0 amide bonds. The third-order valence-electron chi connectivity index (χ3n) is 3.80. The first-order valence-electron chi connectivity index (χ1n) is 8.43. The molecule has 0 fully saturated rings. The van der Waals surface area contributed by atoms with Gasteiger partial charge in [-0.15, -0.1) is 0 Å². The molecular formula is C22H25FN2. The molecule has 0 aromatic heterocycles. The molecule has 0 N–H and O–H groups in total. The van der Waals surface area contributed by atoms with Gasteiger partial charge in [-0.1, -0.05) is 32.6 Å². The summed E-state index contributed by atoms with van der Waals surface area (Å²) in [6.45, 7) is 12.3. The Kier molecular flexibility index (Phi) is 6.29. The van der Waals surface area contributed by atoms with Crippen LogP contribution in [0, 0.1) is 11.7 Å². The molecule has 0 bridgehead atoms. The van der Waals surface area contributed by atoms with Crippen molar-refractivity contribution in [3.05, 3.63) is 89.7 Å². The van der Waals surface area contributed by atoms with Crippen molar-refractivity contribution in [3.8, 4) is 0 Å². The van der Waals surface area contributed by atoms with E-state index in [0.717, 1.165) is 28.1 Å². The number of rotatable bonds is 5. The first-order valence-corrected chi connectivity index (χ1v) is 8.43. The van der Waals surface area contributed by atoms with E-state index < -0.39 is 0 Å². The maximum atomic E-state index is 13.3. The Morgan fingerprint density at radius 3 is 2.48 bits per heavy atom. The summed E-state index contributed by atoms with van der Waals surface area (Å²) >= 11 is 0. The summed E-state index contributed by atoms with van der Waals surface area (Å²) in [5, 5.41) is 0. The molecule has 1 heterocycles. The Bertz CT molecular complexity index is 775. The van der Waals surface area contributed by atoms with Gasteiger partial charge in [0.15, 0.2) is 0 Å². The van der Waals surface area contributed by atoms with Crippen LogP contribution >= 0.6 is 0 Å². The van der Waals surface area contributed by atoms with Gasteiger partial charge < -0.3 is 4.90 Å². The number of halogens is 1. The van der Waals surface area contributed by atoms with Crippen molar-refractivity contribution >= 4 is 11.9 Å². The smallest absolute Gasteiger partial charge is 0.123 e. The second-order valence-corrected chi connectivity index (χ2v) is 6.30. The minimum atomic E-state index is -0.238. The average Bonchev–Trinajstić information content (AvgIpc) is 2.59. The maximum Gasteiger partial charge on any atom is 0.123 e. The van der Waals surface area contributed by atoms with Gasteiger partial charge in [0.25, 0.3) is 0 Å². The van der Waals surface area contributed by atoms with Gasteiger partial charge in [0.2, 0.25) is 0 Å². The fourth-order valence-electron chi connectivity index (χ4n) is 2.50.